The van der Waals surface area contributed by atoms with E-state index < -0.39 is 0 Å². The van der Waals surface area contributed by atoms with Crippen molar-refractivity contribution >= 4 is 17.6 Å². The van der Waals surface area contributed by atoms with Gasteiger partial charge in [-0.3, -0.25) is 9.59 Å². The normalized spacial score (nSPS) is 14.3. The maximum atomic E-state index is 12.2. The average Bonchev–Trinajstić information content (AvgIpc) is 2.98. The third-order valence-electron chi connectivity index (χ3n) is 3.17. The number of nitrogens with zero attached hydrogens (tertiary/aromatic N) is 1. The number of carbonyl (C=O) groups excluding carboxylic acids is 2. The van der Waals surface area contributed by atoms with Crippen LogP contribution in [0.4, 0.5) is 5.69 Å². The van der Waals surface area contributed by atoms with Gasteiger partial charge in [-0.1, -0.05) is 6.07 Å². The van der Waals surface area contributed by atoms with Gasteiger partial charge in [0.2, 0.25) is 0 Å². The van der Waals surface area contributed by atoms with Gasteiger partial charge < -0.3 is 15.0 Å². The Kier molecular flexibility index (Phi) is 4.39. The Labute approximate surface area is 112 Å². The van der Waals surface area contributed by atoms with Gasteiger partial charge >= 0.3 is 5.97 Å². The first-order valence-electron chi connectivity index (χ1n) is 6.41. The molecule has 1 aliphatic rings. The number of hydrogen-bond acceptors (Lipinski definition) is 4. The topological polar surface area (TPSA) is 58.6 Å². The average molecular weight is 262 g/mol. The molecule has 0 spiro atoms. The number of ether oxygens (including phenoxy) is 1. The van der Waals surface area contributed by atoms with Crippen molar-refractivity contribution in [2.24, 2.45) is 0 Å². The van der Waals surface area contributed by atoms with Crippen LogP contribution in [-0.4, -0.2) is 43.5 Å². The van der Waals surface area contributed by atoms with Crippen LogP contribution in [0.3, 0.4) is 0 Å². The Morgan fingerprint density at radius 3 is 2.74 bits per heavy atom. The number of esters is 1. The largest absolute Gasteiger partial charge is 0.468 e. The predicted molar refractivity (Wildman–Crippen MR) is 72.1 cm³/mol. The van der Waals surface area contributed by atoms with Gasteiger partial charge in [-0.15, -0.1) is 0 Å². The molecule has 19 heavy (non-hydrogen) atoms. The number of anilines is 1. The van der Waals surface area contributed by atoms with Crippen molar-refractivity contribution in [1.82, 2.24) is 4.90 Å². The summed E-state index contributed by atoms with van der Waals surface area (Å²) in [4.78, 5) is 25.1. The summed E-state index contributed by atoms with van der Waals surface area (Å²) in [6, 6.07) is 7.19. The molecule has 1 aromatic rings. The van der Waals surface area contributed by atoms with E-state index in [0.29, 0.717) is 5.56 Å². The van der Waals surface area contributed by atoms with E-state index in [-0.39, 0.29) is 18.4 Å². The van der Waals surface area contributed by atoms with Gasteiger partial charge in [0.25, 0.3) is 5.91 Å². The van der Waals surface area contributed by atoms with Gasteiger partial charge in [-0.2, -0.15) is 0 Å². The monoisotopic (exact) mass is 262 g/mol. The lowest BCUT2D eigenvalue weighted by Crippen LogP contribution is -2.27. The number of rotatable bonds is 4. The van der Waals surface area contributed by atoms with Crippen LogP contribution in [0, 0.1) is 0 Å². The summed E-state index contributed by atoms with van der Waals surface area (Å²) < 4.78 is 4.55. The number of carbonyl (C=O) groups is 2. The fourth-order valence-corrected chi connectivity index (χ4v) is 2.11. The molecule has 0 unspecified atom stereocenters. The minimum atomic E-state index is -0.337. The molecule has 102 valence electrons. The lowest BCUT2D eigenvalue weighted by atomic mass is 10.1. The van der Waals surface area contributed by atoms with E-state index in [1.165, 1.54) is 7.11 Å². The molecule has 1 saturated heterocycles. The zero-order valence-corrected chi connectivity index (χ0v) is 11.0. The number of likely N-dealkylation sites (tertiary alicyclic amines) is 1. The van der Waals surface area contributed by atoms with Gasteiger partial charge in [-0.25, -0.2) is 0 Å². The number of nitrogens with one attached hydrogen (secondary N) is 1. The fourth-order valence-electron chi connectivity index (χ4n) is 2.11. The first-order chi connectivity index (χ1) is 9.20. The highest BCUT2D eigenvalue weighted by Gasteiger charge is 2.19. The second-order valence-corrected chi connectivity index (χ2v) is 4.51. The van der Waals surface area contributed by atoms with Gasteiger partial charge in [0, 0.05) is 24.3 Å². The minimum Gasteiger partial charge on any atom is -0.468 e. The van der Waals surface area contributed by atoms with Crippen molar-refractivity contribution in [2.75, 3.05) is 32.1 Å². The number of amides is 1. The van der Waals surface area contributed by atoms with Crippen molar-refractivity contribution < 1.29 is 14.3 Å². The van der Waals surface area contributed by atoms with Crippen LogP contribution in [0.25, 0.3) is 0 Å². The minimum absolute atomic E-state index is 0.0548. The Hall–Kier alpha value is -2.04. The molecule has 0 atom stereocenters. The molecule has 0 aromatic heterocycles. The van der Waals surface area contributed by atoms with E-state index in [4.69, 9.17) is 0 Å². The highest BCUT2D eigenvalue weighted by molar-refractivity contribution is 5.95. The third kappa shape index (κ3) is 3.47. The first kappa shape index (κ1) is 13.4. The molecule has 0 aliphatic carbocycles. The summed E-state index contributed by atoms with van der Waals surface area (Å²) in [7, 11) is 1.34. The van der Waals surface area contributed by atoms with Crippen LogP contribution in [-0.2, 0) is 9.53 Å². The smallest absolute Gasteiger partial charge is 0.325 e. The van der Waals surface area contributed by atoms with Gasteiger partial charge in [0.15, 0.2) is 0 Å². The summed E-state index contributed by atoms with van der Waals surface area (Å²) >= 11 is 0. The molecular weight excluding hydrogens is 244 g/mol. The van der Waals surface area contributed by atoms with E-state index in [2.05, 4.69) is 10.1 Å². The maximum absolute atomic E-state index is 12.2. The number of hydrogen-bond donors (Lipinski definition) is 1. The van der Waals surface area contributed by atoms with Crippen LogP contribution in [0.15, 0.2) is 24.3 Å². The Morgan fingerprint density at radius 2 is 2.05 bits per heavy atom. The van der Waals surface area contributed by atoms with E-state index >= 15 is 0 Å². The van der Waals surface area contributed by atoms with Crippen LogP contribution >= 0.6 is 0 Å². The molecule has 1 aromatic carbocycles. The highest BCUT2D eigenvalue weighted by Crippen LogP contribution is 2.16. The van der Waals surface area contributed by atoms with Crippen LogP contribution in [0.5, 0.6) is 0 Å². The van der Waals surface area contributed by atoms with Crippen molar-refractivity contribution in [3.63, 3.8) is 0 Å². The first-order valence-corrected chi connectivity index (χ1v) is 6.41. The Balaban J connectivity index is 2.01. The maximum Gasteiger partial charge on any atom is 0.325 e. The second-order valence-electron chi connectivity index (χ2n) is 4.51. The van der Waals surface area contributed by atoms with Gasteiger partial charge in [0.05, 0.1) is 7.11 Å². The molecule has 1 fully saturated rings. The van der Waals surface area contributed by atoms with Crippen molar-refractivity contribution in [2.45, 2.75) is 12.8 Å². The molecule has 2 rings (SSSR count). The molecule has 1 heterocycles. The SMILES string of the molecule is COC(=O)CNc1cccc(C(=O)N2CCCC2)c1. The molecular formula is C14H18N2O3. The van der Waals surface area contributed by atoms with E-state index in [1.807, 2.05) is 17.0 Å². The molecule has 0 saturated carbocycles. The van der Waals surface area contributed by atoms with E-state index in [9.17, 15) is 9.59 Å². The van der Waals surface area contributed by atoms with E-state index in [0.717, 1.165) is 31.6 Å². The number of methoxy groups -OCH3 is 1. The summed E-state index contributed by atoms with van der Waals surface area (Å²) in [6.07, 6.45) is 2.15. The predicted octanol–water partition coefficient (Wildman–Crippen LogP) is 1.51. The standard InChI is InChI=1S/C14H18N2O3/c1-19-13(17)10-15-12-6-4-5-11(9-12)14(18)16-7-2-3-8-16/h4-6,9,15H,2-3,7-8,10H2,1H3. The molecule has 5 nitrogen and oxygen atoms in total. The fraction of sp³-hybridized carbons (Fsp3) is 0.429. The van der Waals surface area contributed by atoms with Gasteiger partial charge in [-0.05, 0) is 31.0 Å². The Bertz CT molecular complexity index is 468. The molecule has 1 amide bonds. The zero-order chi connectivity index (χ0) is 13.7. The zero-order valence-electron chi connectivity index (χ0n) is 11.0. The Morgan fingerprint density at radius 1 is 1.32 bits per heavy atom. The van der Waals surface area contributed by atoms with Crippen molar-refractivity contribution in [3.8, 4) is 0 Å². The quantitative estimate of drug-likeness (QED) is 0.836. The van der Waals surface area contributed by atoms with Crippen LogP contribution in [0.2, 0.25) is 0 Å². The lowest BCUT2D eigenvalue weighted by Gasteiger charge is -2.15. The third-order valence-corrected chi connectivity index (χ3v) is 3.17. The molecule has 1 N–H and O–H groups in total. The number of benzene rings is 1. The summed E-state index contributed by atoms with van der Waals surface area (Å²) in [5, 5.41) is 2.94. The lowest BCUT2D eigenvalue weighted by molar-refractivity contribution is -0.138. The summed E-state index contributed by atoms with van der Waals surface area (Å²) in [5.41, 5.74) is 1.40. The van der Waals surface area contributed by atoms with Crippen LogP contribution < -0.4 is 5.32 Å². The van der Waals surface area contributed by atoms with Crippen LogP contribution in [0.1, 0.15) is 23.2 Å². The van der Waals surface area contributed by atoms with Crippen molar-refractivity contribution in [1.29, 1.82) is 0 Å². The molecule has 1 aliphatic heterocycles. The molecule has 5 heteroatoms. The summed E-state index contributed by atoms with van der Waals surface area (Å²) in [6.45, 7) is 1.76. The van der Waals surface area contributed by atoms with Gasteiger partial charge in [0.1, 0.15) is 6.54 Å². The second kappa shape index (κ2) is 6.22. The van der Waals surface area contributed by atoms with Crippen molar-refractivity contribution in [3.05, 3.63) is 29.8 Å². The van der Waals surface area contributed by atoms with E-state index in [1.54, 1.807) is 12.1 Å². The molecule has 0 radical (unpaired) electrons. The summed E-state index contributed by atoms with van der Waals surface area (Å²) in [5.74, 6) is -0.282. The highest BCUT2D eigenvalue weighted by atomic mass is 16.5. The molecule has 0 bridgehead atoms.